The fourth-order valence-electron chi connectivity index (χ4n) is 4.00. The van der Waals surface area contributed by atoms with E-state index in [0.717, 1.165) is 47.8 Å². The largest absolute Gasteiger partial charge is 0.315 e. The van der Waals surface area contributed by atoms with Gasteiger partial charge in [0.1, 0.15) is 12.2 Å². The van der Waals surface area contributed by atoms with Gasteiger partial charge in [-0.1, -0.05) is 31.5 Å². The molecule has 0 atom stereocenters. The number of carbonyl (C=O) groups excluding carboxylic acids is 1. The molecule has 0 aliphatic carbocycles. The SMILES string of the molecule is CCCNN1C(=O)CN(c2c(C)cc(C)cc2C)c2nc(C)cc(CC)c21. The monoisotopic (exact) mass is 366 g/mol. The lowest BCUT2D eigenvalue weighted by atomic mass is 10.0. The molecule has 0 bridgehead atoms. The van der Waals surface area contributed by atoms with Crippen molar-refractivity contribution in [2.24, 2.45) is 0 Å². The maximum atomic E-state index is 13.1. The van der Waals surface area contributed by atoms with Crippen LogP contribution >= 0.6 is 0 Å². The summed E-state index contributed by atoms with van der Waals surface area (Å²) < 4.78 is 0. The number of hydrogen-bond donors (Lipinski definition) is 1. The Kier molecular flexibility index (Phi) is 5.51. The first-order chi connectivity index (χ1) is 12.9. The lowest BCUT2D eigenvalue weighted by Crippen LogP contribution is -2.52. The van der Waals surface area contributed by atoms with Crippen molar-refractivity contribution in [2.75, 3.05) is 23.0 Å². The Morgan fingerprint density at radius 2 is 1.70 bits per heavy atom. The van der Waals surface area contributed by atoms with Gasteiger partial charge in [0.05, 0.1) is 0 Å². The van der Waals surface area contributed by atoms with E-state index in [4.69, 9.17) is 4.98 Å². The van der Waals surface area contributed by atoms with Crippen LogP contribution in [-0.2, 0) is 11.2 Å². The van der Waals surface area contributed by atoms with Crippen molar-refractivity contribution in [1.29, 1.82) is 0 Å². The summed E-state index contributed by atoms with van der Waals surface area (Å²) in [5.41, 5.74) is 11.0. The lowest BCUT2D eigenvalue weighted by Gasteiger charge is -2.39. The quantitative estimate of drug-likeness (QED) is 0.858. The number of anilines is 3. The fourth-order valence-corrected chi connectivity index (χ4v) is 4.00. The van der Waals surface area contributed by atoms with E-state index in [9.17, 15) is 4.79 Å². The molecular formula is C22H30N4O. The number of rotatable bonds is 5. The summed E-state index contributed by atoms with van der Waals surface area (Å²) in [7, 11) is 0. The molecule has 0 saturated carbocycles. The summed E-state index contributed by atoms with van der Waals surface area (Å²) in [5, 5.41) is 1.72. The highest BCUT2D eigenvalue weighted by Gasteiger charge is 2.34. The highest BCUT2D eigenvalue weighted by molar-refractivity contribution is 6.04. The molecule has 1 aromatic carbocycles. The van der Waals surface area contributed by atoms with Gasteiger partial charge in [0.2, 0.25) is 0 Å². The predicted molar refractivity (Wildman–Crippen MR) is 112 cm³/mol. The van der Waals surface area contributed by atoms with Gasteiger partial charge in [-0.25, -0.2) is 15.4 Å². The van der Waals surface area contributed by atoms with Gasteiger partial charge in [0, 0.05) is 17.9 Å². The Hall–Kier alpha value is -2.40. The van der Waals surface area contributed by atoms with Gasteiger partial charge in [-0.05, 0) is 63.3 Å². The van der Waals surface area contributed by atoms with Gasteiger partial charge in [0.15, 0.2) is 5.82 Å². The van der Waals surface area contributed by atoms with Gasteiger partial charge >= 0.3 is 0 Å². The third-order valence-corrected chi connectivity index (χ3v) is 5.01. The number of hydrazine groups is 1. The average molecular weight is 367 g/mol. The maximum absolute atomic E-state index is 13.1. The third-order valence-electron chi connectivity index (χ3n) is 5.01. The van der Waals surface area contributed by atoms with Crippen LogP contribution in [0.1, 0.15) is 48.2 Å². The zero-order valence-corrected chi connectivity index (χ0v) is 17.3. The molecule has 1 aromatic heterocycles. The molecule has 0 unspecified atom stereocenters. The standard InChI is InChI=1S/C22H30N4O/c1-7-9-23-26-19(27)13-25(20-15(4)10-14(3)11-16(20)5)22-21(26)18(8-2)12-17(6)24-22/h10-12,23H,7-9,13H2,1-6H3. The molecule has 27 heavy (non-hydrogen) atoms. The molecule has 0 spiro atoms. The number of aryl methyl sites for hydroxylation is 5. The molecule has 2 aromatic rings. The second-order valence-electron chi connectivity index (χ2n) is 7.42. The Balaban J connectivity index is 2.22. The summed E-state index contributed by atoms with van der Waals surface area (Å²) in [6.07, 6.45) is 1.81. The Bertz CT molecular complexity index is 852. The zero-order valence-electron chi connectivity index (χ0n) is 17.3. The minimum absolute atomic E-state index is 0.0516. The van der Waals surface area contributed by atoms with Crippen LogP contribution in [0.15, 0.2) is 18.2 Å². The zero-order chi connectivity index (χ0) is 19.7. The van der Waals surface area contributed by atoms with Crippen LogP contribution in [0.2, 0.25) is 0 Å². The van der Waals surface area contributed by atoms with Crippen molar-refractivity contribution in [1.82, 2.24) is 10.4 Å². The number of nitrogens with zero attached hydrogens (tertiary/aromatic N) is 3. The molecule has 0 radical (unpaired) electrons. The van der Waals surface area contributed by atoms with Crippen LogP contribution in [0.25, 0.3) is 0 Å². The van der Waals surface area contributed by atoms with E-state index in [2.05, 4.69) is 63.1 Å². The van der Waals surface area contributed by atoms with Gasteiger partial charge in [-0.15, -0.1) is 0 Å². The first kappa shape index (κ1) is 19.4. The van der Waals surface area contributed by atoms with Crippen molar-refractivity contribution in [3.63, 3.8) is 0 Å². The molecule has 144 valence electrons. The highest BCUT2D eigenvalue weighted by Crippen LogP contribution is 2.41. The smallest absolute Gasteiger partial charge is 0.261 e. The van der Waals surface area contributed by atoms with Gasteiger partial charge in [-0.3, -0.25) is 4.79 Å². The minimum atomic E-state index is 0.0516. The predicted octanol–water partition coefficient (Wildman–Crippen LogP) is 4.28. The number of carbonyl (C=O) groups is 1. The summed E-state index contributed by atoms with van der Waals surface area (Å²) in [4.78, 5) is 20.0. The maximum Gasteiger partial charge on any atom is 0.261 e. The first-order valence-corrected chi connectivity index (χ1v) is 9.79. The minimum Gasteiger partial charge on any atom is -0.315 e. The number of amides is 1. The van der Waals surface area contributed by atoms with Crippen molar-refractivity contribution in [3.05, 3.63) is 46.1 Å². The van der Waals surface area contributed by atoms with Crippen LogP contribution in [0.5, 0.6) is 0 Å². The van der Waals surface area contributed by atoms with E-state index in [1.54, 1.807) is 5.01 Å². The molecular weight excluding hydrogens is 336 g/mol. The molecule has 1 N–H and O–H groups in total. The molecule has 0 fully saturated rings. The molecule has 5 heteroatoms. The first-order valence-electron chi connectivity index (χ1n) is 9.79. The van der Waals surface area contributed by atoms with E-state index < -0.39 is 0 Å². The summed E-state index contributed by atoms with van der Waals surface area (Å²) in [5.74, 6) is 0.917. The topological polar surface area (TPSA) is 48.5 Å². The second-order valence-corrected chi connectivity index (χ2v) is 7.42. The molecule has 1 amide bonds. The van der Waals surface area contributed by atoms with Crippen LogP contribution in [0, 0.1) is 27.7 Å². The summed E-state index contributed by atoms with van der Waals surface area (Å²) >= 11 is 0. The van der Waals surface area contributed by atoms with E-state index in [0.29, 0.717) is 0 Å². The van der Waals surface area contributed by atoms with Gasteiger partial charge in [-0.2, -0.15) is 0 Å². The van der Waals surface area contributed by atoms with E-state index >= 15 is 0 Å². The van der Waals surface area contributed by atoms with E-state index in [1.807, 2.05) is 6.92 Å². The second kappa shape index (κ2) is 7.69. The van der Waals surface area contributed by atoms with Crippen molar-refractivity contribution in [2.45, 2.75) is 54.4 Å². The number of benzene rings is 1. The number of pyridine rings is 1. The molecule has 1 aliphatic rings. The van der Waals surface area contributed by atoms with Gasteiger partial charge in [0.25, 0.3) is 5.91 Å². The molecule has 5 nitrogen and oxygen atoms in total. The van der Waals surface area contributed by atoms with Gasteiger partial charge < -0.3 is 4.90 Å². The van der Waals surface area contributed by atoms with E-state index in [1.165, 1.54) is 16.7 Å². The molecule has 2 heterocycles. The summed E-state index contributed by atoms with van der Waals surface area (Å²) in [6.45, 7) is 13.6. The number of aromatic nitrogens is 1. The number of hydrogen-bond acceptors (Lipinski definition) is 4. The lowest BCUT2D eigenvalue weighted by molar-refractivity contribution is -0.118. The third kappa shape index (κ3) is 3.56. The van der Waals surface area contributed by atoms with Crippen molar-refractivity contribution >= 4 is 23.1 Å². The number of fused-ring (bicyclic) bond motifs is 1. The van der Waals surface area contributed by atoms with Crippen LogP contribution in [0.3, 0.4) is 0 Å². The molecule has 0 saturated heterocycles. The highest BCUT2D eigenvalue weighted by atomic mass is 16.2. The normalized spacial score (nSPS) is 13.9. The Morgan fingerprint density at radius 1 is 1.04 bits per heavy atom. The Morgan fingerprint density at radius 3 is 2.30 bits per heavy atom. The van der Waals surface area contributed by atoms with Crippen LogP contribution in [0.4, 0.5) is 17.2 Å². The summed E-state index contributed by atoms with van der Waals surface area (Å²) in [6, 6.07) is 6.43. The van der Waals surface area contributed by atoms with Crippen molar-refractivity contribution < 1.29 is 4.79 Å². The van der Waals surface area contributed by atoms with Crippen LogP contribution in [-0.4, -0.2) is 24.0 Å². The Labute approximate surface area is 162 Å². The molecule has 3 rings (SSSR count). The number of nitrogens with one attached hydrogen (secondary N) is 1. The van der Waals surface area contributed by atoms with Crippen LogP contribution < -0.4 is 15.3 Å². The molecule has 1 aliphatic heterocycles. The van der Waals surface area contributed by atoms with Crippen molar-refractivity contribution in [3.8, 4) is 0 Å². The van der Waals surface area contributed by atoms with E-state index in [-0.39, 0.29) is 12.5 Å². The average Bonchev–Trinajstić information content (AvgIpc) is 2.60. The fraction of sp³-hybridized carbons (Fsp3) is 0.455.